The molecule has 2 saturated heterocycles. The maximum atomic E-state index is 13.2. The number of amides is 3. The molecule has 2 fully saturated rings. The van der Waals surface area contributed by atoms with E-state index in [1.54, 1.807) is 0 Å². The van der Waals surface area contributed by atoms with Gasteiger partial charge in [-0.05, 0) is 58.1 Å². The maximum Gasteiger partial charge on any atom is 0.408 e. The number of ether oxygens (including phenoxy) is 3. The third-order valence-corrected chi connectivity index (χ3v) is 9.93. The predicted molar refractivity (Wildman–Crippen MR) is 207 cm³/mol. The fourth-order valence-electron chi connectivity index (χ4n) is 7.11. The lowest BCUT2D eigenvalue weighted by atomic mass is 9.98. The normalized spacial score (nSPS) is 19.8. The van der Waals surface area contributed by atoms with E-state index in [-0.39, 0.29) is 44.3 Å². The number of hydrogen-bond donors (Lipinski definition) is 2. The monoisotopic (exact) mass is 739 g/mol. The van der Waals surface area contributed by atoms with Crippen LogP contribution in [0.4, 0.5) is 4.79 Å². The van der Waals surface area contributed by atoms with Crippen molar-refractivity contribution in [2.24, 2.45) is 0 Å². The smallest absolute Gasteiger partial charge is 0.408 e. The molecule has 2 heterocycles. The van der Waals surface area contributed by atoms with E-state index in [0.29, 0.717) is 13.0 Å². The predicted octanol–water partition coefficient (Wildman–Crippen LogP) is 7.08. The number of likely N-dealkylation sites (N-methyl/N-ethyl adjacent to an activating group) is 1. The Morgan fingerprint density at radius 1 is 0.782 bits per heavy atom. The Morgan fingerprint density at radius 2 is 1.45 bits per heavy atom. The van der Waals surface area contributed by atoms with Crippen molar-refractivity contribution in [2.45, 2.75) is 63.7 Å². The number of likely N-dealkylation sites (tertiary alicyclic amines) is 1. The molecule has 0 aromatic heterocycles. The van der Waals surface area contributed by atoms with Gasteiger partial charge < -0.3 is 24.6 Å². The molecule has 0 radical (unpaired) electrons. The van der Waals surface area contributed by atoms with Gasteiger partial charge in [0.2, 0.25) is 5.91 Å². The van der Waals surface area contributed by atoms with Crippen LogP contribution in [0.25, 0.3) is 11.1 Å². The Balaban J connectivity index is 1.03. The highest BCUT2D eigenvalue weighted by molar-refractivity contribution is 6.06. The summed E-state index contributed by atoms with van der Waals surface area (Å²) in [5, 5.41) is 12.2. The highest BCUT2D eigenvalue weighted by Crippen LogP contribution is 2.39. The van der Waals surface area contributed by atoms with Crippen molar-refractivity contribution in [3.63, 3.8) is 0 Å². The zero-order valence-corrected chi connectivity index (χ0v) is 30.8. The Bertz CT molecular complexity index is 2080. The highest BCUT2D eigenvalue weighted by atomic mass is 16.7. The van der Waals surface area contributed by atoms with Gasteiger partial charge in [0, 0.05) is 25.1 Å². The van der Waals surface area contributed by atoms with Gasteiger partial charge in [-0.2, -0.15) is 0 Å². The number of alkyl carbamates (subject to hydrolysis) is 1. The number of aliphatic hydroxyl groups is 1. The number of rotatable bonds is 13. The topological polar surface area (TPSA) is 118 Å². The van der Waals surface area contributed by atoms with Gasteiger partial charge in [0.15, 0.2) is 6.29 Å². The van der Waals surface area contributed by atoms with Gasteiger partial charge in [-0.15, -0.1) is 0 Å². The summed E-state index contributed by atoms with van der Waals surface area (Å²) in [6.07, 6.45) is -1.15. The first-order chi connectivity index (χ1) is 26.8. The molecule has 5 aromatic carbocycles. The van der Waals surface area contributed by atoms with Crippen LogP contribution >= 0.6 is 0 Å². The zero-order valence-electron chi connectivity index (χ0n) is 30.8. The average Bonchev–Trinajstić information content (AvgIpc) is 3.47. The molecule has 2 aliphatic heterocycles. The second-order valence-corrected chi connectivity index (χ2v) is 14.1. The highest BCUT2D eigenvalue weighted by Gasteiger charge is 2.40. The fourth-order valence-corrected chi connectivity index (χ4v) is 7.11. The van der Waals surface area contributed by atoms with Gasteiger partial charge in [0.25, 0.3) is 5.91 Å². The van der Waals surface area contributed by atoms with Crippen LogP contribution in [0.15, 0.2) is 133 Å². The van der Waals surface area contributed by atoms with Crippen LogP contribution < -0.4 is 5.32 Å². The second kappa shape index (κ2) is 17.7. The first-order valence-electron chi connectivity index (χ1n) is 18.5. The van der Waals surface area contributed by atoms with Crippen LogP contribution in [0.5, 0.6) is 0 Å². The van der Waals surface area contributed by atoms with Gasteiger partial charge in [-0.25, -0.2) is 4.79 Å². The minimum atomic E-state index is -0.982. The van der Waals surface area contributed by atoms with Crippen molar-refractivity contribution in [1.29, 1.82) is 0 Å². The van der Waals surface area contributed by atoms with Crippen molar-refractivity contribution >= 4 is 17.9 Å². The van der Waals surface area contributed by atoms with E-state index in [9.17, 15) is 19.5 Å². The number of benzene rings is 5. The minimum Gasteiger partial charge on any atom is -0.445 e. The van der Waals surface area contributed by atoms with Crippen LogP contribution in [0.2, 0.25) is 0 Å². The lowest BCUT2D eigenvalue weighted by Gasteiger charge is -2.38. The molecule has 2 N–H and O–H groups in total. The Labute approximate surface area is 321 Å². The summed E-state index contributed by atoms with van der Waals surface area (Å²) in [5.74, 6) is -0.827. The lowest BCUT2D eigenvalue weighted by molar-refractivity contribution is -0.252. The third-order valence-electron chi connectivity index (χ3n) is 9.93. The summed E-state index contributed by atoms with van der Waals surface area (Å²) in [6, 6.07) is 42.2. The third kappa shape index (κ3) is 9.72. The average molecular weight is 740 g/mol. The zero-order chi connectivity index (χ0) is 38.1. The number of aliphatic hydroxyl groups excluding tert-OH is 1. The van der Waals surface area contributed by atoms with E-state index < -0.39 is 24.3 Å². The van der Waals surface area contributed by atoms with E-state index >= 15 is 0 Å². The maximum absolute atomic E-state index is 13.2. The number of hydrogen-bond acceptors (Lipinski definition) is 8. The Kier molecular flexibility index (Phi) is 12.1. The van der Waals surface area contributed by atoms with E-state index in [1.807, 2.05) is 115 Å². The molecule has 10 heteroatoms. The molecule has 1 unspecified atom stereocenters. The summed E-state index contributed by atoms with van der Waals surface area (Å²) in [7, 11) is 2.10. The van der Waals surface area contributed by atoms with E-state index in [0.717, 1.165) is 45.5 Å². The van der Waals surface area contributed by atoms with Gasteiger partial charge in [0.1, 0.15) is 12.6 Å². The molecule has 10 nitrogen and oxygen atoms in total. The van der Waals surface area contributed by atoms with Gasteiger partial charge in [-0.1, -0.05) is 121 Å². The van der Waals surface area contributed by atoms with E-state index in [1.165, 1.54) is 10.5 Å². The molecule has 0 spiro atoms. The van der Waals surface area contributed by atoms with E-state index in [2.05, 4.69) is 35.5 Å². The number of carbonyl (C=O) groups is 3. The quantitative estimate of drug-likeness (QED) is 0.123. The molecule has 282 valence electrons. The van der Waals surface area contributed by atoms with Gasteiger partial charge in [0.05, 0.1) is 31.8 Å². The molecule has 5 aromatic rings. The number of nitrogens with one attached hydrogen (secondary N) is 1. The molecule has 0 bridgehead atoms. The molecule has 55 heavy (non-hydrogen) atoms. The minimum absolute atomic E-state index is 0.0210. The summed E-state index contributed by atoms with van der Waals surface area (Å²) < 4.78 is 18.6. The van der Waals surface area contributed by atoms with Crippen molar-refractivity contribution in [3.8, 4) is 11.1 Å². The second-order valence-electron chi connectivity index (χ2n) is 14.1. The first kappa shape index (κ1) is 37.7. The van der Waals surface area contributed by atoms with Crippen molar-refractivity contribution in [3.05, 3.63) is 167 Å². The Hall–Kier alpha value is -5.65. The lowest BCUT2D eigenvalue weighted by Crippen LogP contribution is -2.41. The molecule has 4 atom stereocenters. The van der Waals surface area contributed by atoms with Crippen molar-refractivity contribution in [2.75, 3.05) is 13.6 Å². The van der Waals surface area contributed by atoms with Gasteiger partial charge in [-0.3, -0.25) is 19.4 Å². The van der Waals surface area contributed by atoms with Crippen LogP contribution in [-0.4, -0.2) is 58.6 Å². The molecule has 7 rings (SSSR count). The van der Waals surface area contributed by atoms with Crippen molar-refractivity contribution < 1.29 is 33.7 Å². The fraction of sp³-hybridized carbons (Fsp3) is 0.267. The largest absolute Gasteiger partial charge is 0.445 e. The molecule has 0 aliphatic carbocycles. The Morgan fingerprint density at radius 3 is 2.18 bits per heavy atom. The summed E-state index contributed by atoms with van der Waals surface area (Å²) in [6.45, 7) is 1.62. The summed E-state index contributed by atoms with van der Waals surface area (Å²) in [4.78, 5) is 42.1. The van der Waals surface area contributed by atoms with Crippen LogP contribution in [0.3, 0.4) is 0 Å². The number of carbonyl (C=O) groups excluding carboxylic acids is 3. The number of nitrogens with zero attached hydrogens (tertiary/aromatic N) is 2. The molecule has 2 aliphatic rings. The van der Waals surface area contributed by atoms with Crippen LogP contribution in [-0.2, 0) is 50.1 Å². The van der Waals surface area contributed by atoms with Crippen LogP contribution in [0.1, 0.15) is 58.6 Å². The SMILES string of the molecule is CN(Cc1ccccc1)C[C@H]1C[C@@H](c2ccc(CO)cc2)O[C@@H](c2cccc(-c3cccc(CN4C(=O)CC(NC(=O)OCc5ccccc5)C4=O)c3)c2)O1. The number of imide groups is 1. The van der Waals surface area contributed by atoms with Gasteiger partial charge >= 0.3 is 6.09 Å². The summed E-state index contributed by atoms with van der Waals surface area (Å²) in [5.41, 5.74) is 7.39. The molecule has 0 saturated carbocycles. The van der Waals surface area contributed by atoms with E-state index in [4.69, 9.17) is 14.2 Å². The standard InChI is InChI=1S/C45H45N3O7/c1-47(26-31-10-4-2-5-11-31)28-39-24-41(35-20-18-32(29-49)19-21-35)55-44(54-39)38-17-9-16-37(23-38)36-15-8-14-34(22-36)27-48-42(50)25-40(43(48)51)46-45(52)53-30-33-12-6-3-7-13-33/h2-23,39-41,44,49H,24-30H2,1H3,(H,46,52)/t39-,40?,41+,44+/m1/s1. The molecular weight excluding hydrogens is 695 g/mol. The molecular formula is C45H45N3O7. The molecule has 3 amide bonds. The summed E-state index contributed by atoms with van der Waals surface area (Å²) >= 11 is 0. The van der Waals surface area contributed by atoms with Crippen LogP contribution in [0, 0.1) is 0 Å². The first-order valence-corrected chi connectivity index (χ1v) is 18.5. The van der Waals surface area contributed by atoms with Crippen molar-refractivity contribution in [1.82, 2.24) is 15.1 Å².